The van der Waals surface area contributed by atoms with Crippen molar-refractivity contribution >= 4 is 52.5 Å². The molecule has 178 valence electrons. The Morgan fingerprint density at radius 3 is 2.39 bits per heavy atom. The van der Waals surface area contributed by atoms with Crippen LogP contribution < -0.4 is 5.32 Å². The highest BCUT2D eigenvalue weighted by atomic mass is 35.5. The van der Waals surface area contributed by atoms with E-state index >= 15 is 0 Å². The summed E-state index contributed by atoms with van der Waals surface area (Å²) < 4.78 is 0. The molecule has 2 rings (SSSR count). The van der Waals surface area contributed by atoms with E-state index in [0.29, 0.717) is 21.4 Å². The van der Waals surface area contributed by atoms with Crippen LogP contribution in [0.15, 0.2) is 42.5 Å². The number of halogens is 2. The van der Waals surface area contributed by atoms with Crippen LogP contribution in [0.5, 0.6) is 0 Å². The molecule has 0 saturated heterocycles. The molecule has 0 aliphatic heterocycles. The van der Waals surface area contributed by atoms with Crippen LogP contribution >= 0.6 is 35.0 Å². The second-order valence-corrected chi connectivity index (χ2v) is 9.50. The zero-order valence-corrected chi connectivity index (χ0v) is 21.0. The number of amides is 2. The Kier molecular flexibility index (Phi) is 10.5. The summed E-state index contributed by atoms with van der Waals surface area (Å²) >= 11 is 13.7. The lowest BCUT2D eigenvalue weighted by molar-refractivity contribution is -0.384. The first-order chi connectivity index (χ1) is 15.6. The lowest BCUT2D eigenvalue weighted by atomic mass is 10.1. The van der Waals surface area contributed by atoms with Crippen LogP contribution in [0, 0.1) is 10.1 Å². The number of nitrogens with zero attached hydrogens (tertiary/aromatic N) is 2. The van der Waals surface area contributed by atoms with Crippen molar-refractivity contribution in [2.75, 3.05) is 5.75 Å². The molecule has 0 unspecified atom stereocenters. The topological polar surface area (TPSA) is 92.6 Å². The van der Waals surface area contributed by atoms with E-state index < -0.39 is 11.0 Å². The van der Waals surface area contributed by atoms with Gasteiger partial charge in [0.25, 0.3) is 5.69 Å². The largest absolute Gasteiger partial charge is 0.352 e. The zero-order chi connectivity index (χ0) is 24.5. The average Bonchev–Trinajstić information content (AvgIpc) is 2.78. The second-order valence-electron chi connectivity index (χ2n) is 7.67. The third kappa shape index (κ3) is 8.21. The minimum Gasteiger partial charge on any atom is -0.352 e. The summed E-state index contributed by atoms with van der Waals surface area (Å²) in [5.41, 5.74) is 1.58. The van der Waals surface area contributed by atoms with Crippen molar-refractivity contribution in [2.45, 2.75) is 51.6 Å². The van der Waals surface area contributed by atoms with Gasteiger partial charge in [-0.2, -0.15) is 0 Å². The number of hydrogen-bond acceptors (Lipinski definition) is 5. The quantitative estimate of drug-likeness (QED) is 0.319. The maximum Gasteiger partial charge on any atom is 0.269 e. The molecule has 33 heavy (non-hydrogen) atoms. The Hall–Kier alpha value is -2.29. The van der Waals surface area contributed by atoms with E-state index in [1.807, 2.05) is 13.8 Å². The van der Waals surface area contributed by atoms with E-state index in [-0.39, 0.29) is 35.8 Å². The van der Waals surface area contributed by atoms with Gasteiger partial charge < -0.3 is 10.2 Å². The van der Waals surface area contributed by atoms with E-state index in [1.54, 1.807) is 37.3 Å². The van der Waals surface area contributed by atoms with E-state index in [0.717, 1.165) is 12.0 Å². The fraction of sp³-hybridized carbons (Fsp3) is 0.391. The monoisotopic (exact) mass is 511 g/mol. The van der Waals surface area contributed by atoms with Crippen LogP contribution in [0.2, 0.25) is 10.0 Å². The molecule has 0 spiro atoms. The second kappa shape index (κ2) is 12.8. The van der Waals surface area contributed by atoms with Crippen LogP contribution in [0.4, 0.5) is 5.69 Å². The number of hydrogen-bond donors (Lipinski definition) is 1. The van der Waals surface area contributed by atoms with Gasteiger partial charge in [-0.25, -0.2) is 0 Å². The maximum atomic E-state index is 13.1. The SMILES string of the molecule is CC[C@H](C)NC(=O)[C@@H](C)N(Cc1ccc(Cl)cc1Cl)C(=O)CSCc1ccc([N+](=O)[O-])cc1. The van der Waals surface area contributed by atoms with Gasteiger partial charge in [0, 0.05) is 40.5 Å². The summed E-state index contributed by atoms with van der Waals surface area (Å²) in [4.78, 5) is 37.7. The molecule has 0 aliphatic carbocycles. The summed E-state index contributed by atoms with van der Waals surface area (Å²) in [6, 6.07) is 10.6. The third-order valence-corrected chi connectivity index (χ3v) is 6.74. The molecule has 10 heteroatoms. The number of rotatable bonds is 11. The number of carbonyl (C=O) groups is 2. The molecule has 2 atom stereocenters. The van der Waals surface area contributed by atoms with Gasteiger partial charge in [0.15, 0.2) is 0 Å². The van der Waals surface area contributed by atoms with Crippen LogP contribution in [0.25, 0.3) is 0 Å². The minimum atomic E-state index is -0.696. The molecular formula is C23H27Cl2N3O4S. The molecule has 0 bridgehead atoms. The number of nitro groups is 1. The van der Waals surface area contributed by atoms with Crippen LogP contribution in [-0.2, 0) is 21.9 Å². The van der Waals surface area contributed by atoms with Crippen molar-refractivity contribution in [3.05, 3.63) is 73.8 Å². The molecule has 2 aromatic rings. The molecule has 0 heterocycles. The third-order valence-electron chi connectivity index (χ3n) is 5.17. The fourth-order valence-corrected chi connectivity index (χ4v) is 4.27. The predicted octanol–water partition coefficient (Wildman–Crippen LogP) is 5.47. The molecule has 2 aromatic carbocycles. The Labute approximate surface area is 208 Å². The van der Waals surface area contributed by atoms with Gasteiger partial charge in [0.2, 0.25) is 11.8 Å². The summed E-state index contributed by atoms with van der Waals surface area (Å²) in [5, 5.41) is 14.6. The molecule has 0 aromatic heterocycles. The van der Waals surface area contributed by atoms with Crippen molar-refractivity contribution in [3.8, 4) is 0 Å². The summed E-state index contributed by atoms with van der Waals surface area (Å²) in [5.74, 6) is 0.207. The van der Waals surface area contributed by atoms with Crippen molar-refractivity contribution in [1.29, 1.82) is 0 Å². The number of nitrogens with one attached hydrogen (secondary N) is 1. The lowest BCUT2D eigenvalue weighted by Gasteiger charge is -2.30. The Morgan fingerprint density at radius 1 is 1.15 bits per heavy atom. The highest BCUT2D eigenvalue weighted by Gasteiger charge is 2.27. The average molecular weight is 512 g/mol. The van der Waals surface area contributed by atoms with Crippen molar-refractivity contribution in [1.82, 2.24) is 10.2 Å². The fourth-order valence-electron chi connectivity index (χ4n) is 2.93. The number of benzene rings is 2. The van der Waals surface area contributed by atoms with E-state index in [1.165, 1.54) is 28.8 Å². The minimum absolute atomic E-state index is 0.00691. The van der Waals surface area contributed by atoms with Gasteiger partial charge in [0.1, 0.15) is 6.04 Å². The van der Waals surface area contributed by atoms with E-state index in [2.05, 4.69) is 5.32 Å². The zero-order valence-electron chi connectivity index (χ0n) is 18.7. The molecule has 0 aliphatic rings. The number of thioether (sulfide) groups is 1. The van der Waals surface area contributed by atoms with Crippen molar-refractivity contribution in [2.24, 2.45) is 0 Å². The smallest absolute Gasteiger partial charge is 0.269 e. The first kappa shape index (κ1) is 27.0. The summed E-state index contributed by atoms with van der Waals surface area (Å²) in [7, 11) is 0. The lowest BCUT2D eigenvalue weighted by Crippen LogP contribution is -2.50. The maximum absolute atomic E-state index is 13.1. The Morgan fingerprint density at radius 2 is 1.82 bits per heavy atom. The summed E-state index contributed by atoms with van der Waals surface area (Å²) in [6.07, 6.45) is 0.778. The van der Waals surface area contributed by atoms with Crippen LogP contribution in [0.3, 0.4) is 0 Å². The van der Waals surface area contributed by atoms with Gasteiger partial charge in [-0.15, -0.1) is 11.8 Å². The normalized spacial score (nSPS) is 12.6. The van der Waals surface area contributed by atoms with E-state index in [4.69, 9.17) is 23.2 Å². The number of nitro benzene ring substituents is 1. The van der Waals surface area contributed by atoms with Gasteiger partial charge in [-0.3, -0.25) is 19.7 Å². The van der Waals surface area contributed by atoms with Crippen molar-refractivity contribution in [3.63, 3.8) is 0 Å². The van der Waals surface area contributed by atoms with Gasteiger partial charge in [0.05, 0.1) is 10.7 Å². The standard InChI is InChI=1S/C23H27Cl2N3O4S/c1-4-15(2)26-23(30)16(3)27(12-18-7-8-19(24)11-21(18)25)22(29)14-33-13-17-5-9-20(10-6-17)28(31)32/h5-11,15-16H,4,12-14H2,1-3H3,(H,26,30)/t15-,16+/m0/s1. The molecular weight excluding hydrogens is 485 g/mol. The molecule has 2 amide bonds. The first-order valence-electron chi connectivity index (χ1n) is 10.5. The summed E-state index contributed by atoms with van der Waals surface area (Å²) in [6.45, 7) is 5.75. The predicted molar refractivity (Wildman–Crippen MR) is 134 cm³/mol. The van der Waals surface area contributed by atoms with Crippen molar-refractivity contribution < 1.29 is 14.5 Å². The van der Waals surface area contributed by atoms with Gasteiger partial charge >= 0.3 is 0 Å². The van der Waals surface area contributed by atoms with Gasteiger partial charge in [-0.05, 0) is 43.5 Å². The van der Waals surface area contributed by atoms with Crippen LogP contribution in [-0.4, -0.2) is 39.5 Å². The highest BCUT2D eigenvalue weighted by Crippen LogP contribution is 2.24. The van der Waals surface area contributed by atoms with E-state index in [9.17, 15) is 19.7 Å². The molecule has 0 fully saturated rings. The molecule has 0 saturated carbocycles. The Balaban J connectivity index is 2.10. The highest BCUT2D eigenvalue weighted by molar-refractivity contribution is 7.99. The first-order valence-corrected chi connectivity index (χ1v) is 12.4. The molecule has 7 nitrogen and oxygen atoms in total. The number of non-ortho nitro benzene ring substituents is 1. The molecule has 1 N–H and O–H groups in total. The van der Waals surface area contributed by atoms with Crippen LogP contribution in [0.1, 0.15) is 38.3 Å². The Bertz CT molecular complexity index is 988. The van der Waals surface area contributed by atoms with Gasteiger partial charge in [-0.1, -0.05) is 48.3 Å². The molecule has 0 radical (unpaired) electrons. The number of carbonyl (C=O) groups excluding carboxylic acids is 2.